The topological polar surface area (TPSA) is 114 Å². The molecular formula is C17H19ClN2O6. The van der Waals surface area contributed by atoms with Crippen molar-refractivity contribution in [1.82, 2.24) is 9.13 Å². The number of hydrogen-bond acceptors (Lipinski definition) is 6. The third-order valence-electron chi connectivity index (χ3n) is 4.45. The normalized spacial score (nSPS) is 25.5. The summed E-state index contributed by atoms with van der Waals surface area (Å²) in [5, 5.41) is 29.7. The Bertz CT molecular complexity index is 895. The van der Waals surface area contributed by atoms with Crippen molar-refractivity contribution in [3.8, 4) is 0 Å². The highest BCUT2D eigenvalue weighted by Gasteiger charge is 2.43. The third-order valence-corrected chi connectivity index (χ3v) is 4.82. The zero-order valence-corrected chi connectivity index (χ0v) is 14.5. The van der Waals surface area contributed by atoms with Crippen LogP contribution in [0, 0.1) is 0 Å². The van der Waals surface area contributed by atoms with Crippen molar-refractivity contribution in [2.45, 2.75) is 37.5 Å². The molecule has 1 fully saturated rings. The first kappa shape index (κ1) is 18.8. The highest BCUT2D eigenvalue weighted by atomic mass is 35.5. The number of aliphatic hydroxyl groups is 3. The van der Waals surface area contributed by atoms with E-state index >= 15 is 0 Å². The molecule has 3 rings (SSSR count). The summed E-state index contributed by atoms with van der Waals surface area (Å²) >= 11 is 6.10. The first-order chi connectivity index (χ1) is 12.4. The second-order valence-corrected chi connectivity index (χ2v) is 6.47. The van der Waals surface area contributed by atoms with Gasteiger partial charge in [0.15, 0.2) is 6.23 Å². The van der Waals surface area contributed by atoms with Crippen LogP contribution in [-0.4, -0.2) is 49.4 Å². The van der Waals surface area contributed by atoms with Gasteiger partial charge in [-0.3, -0.25) is 13.9 Å². The van der Waals surface area contributed by atoms with E-state index < -0.39 is 42.4 Å². The quantitative estimate of drug-likeness (QED) is 0.643. The predicted octanol–water partition coefficient (Wildman–Crippen LogP) is -0.482. The van der Waals surface area contributed by atoms with Crippen molar-refractivity contribution in [2.24, 2.45) is 0 Å². The lowest BCUT2D eigenvalue weighted by Gasteiger charge is -2.18. The lowest BCUT2D eigenvalue weighted by Crippen LogP contribution is -2.43. The van der Waals surface area contributed by atoms with E-state index in [0.29, 0.717) is 11.4 Å². The molecule has 1 saturated heterocycles. The summed E-state index contributed by atoms with van der Waals surface area (Å²) in [7, 11) is 0. The average molecular weight is 383 g/mol. The predicted molar refractivity (Wildman–Crippen MR) is 93.1 cm³/mol. The number of aliphatic hydroxyl groups excluding tert-OH is 3. The maximum absolute atomic E-state index is 12.7. The van der Waals surface area contributed by atoms with E-state index in [1.807, 2.05) is 6.07 Å². The molecule has 0 aliphatic carbocycles. The summed E-state index contributed by atoms with van der Waals surface area (Å²) in [5.74, 6) is 0. The van der Waals surface area contributed by atoms with E-state index in [2.05, 4.69) is 0 Å². The standard InChI is InChI=1S/C17H19ClN2O6/c18-11-4-2-1-3-10(11)5-7-19-13(22)6-8-20(17(19)25)16-15(24)14(23)12(9-21)26-16/h1-4,6,8,12,14-16,21,23-24H,5,7,9H2/t12-,14+,15+,16-/m1/s1. The van der Waals surface area contributed by atoms with Crippen molar-refractivity contribution >= 4 is 11.6 Å². The van der Waals surface area contributed by atoms with Gasteiger partial charge in [-0.2, -0.15) is 0 Å². The number of benzene rings is 1. The minimum Gasteiger partial charge on any atom is -0.394 e. The first-order valence-corrected chi connectivity index (χ1v) is 8.49. The Morgan fingerprint density at radius 2 is 1.85 bits per heavy atom. The van der Waals surface area contributed by atoms with Crippen LogP contribution in [-0.2, 0) is 17.7 Å². The molecule has 0 radical (unpaired) electrons. The monoisotopic (exact) mass is 382 g/mol. The van der Waals surface area contributed by atoms with E-state index in [9.17, 15) is 24.9 Å². The highest BCUT2D eigenvalue weighted by molar-refractivity contribution is 6.31. The van der Waals surface area contributed by atoms with Gasteiger partial charge >= 0.3 is 5.69 Å². The molecule has 1 aromatic carbocycles. The van der Waals surface area contributed by atoms with E-state index in [1.54, 1.807) is 18.2 Å². The van der Waals surface area contributed by atoms with Crippen LogP contribution < -0.4 is 11.2 Å². The van der Waals surface area contributed by atoms with Gasteiger partial charge in [-0.15, -0.1) is 0 Å². The number of halogens is 1. The summed E-state index contributed by atoms with van der Waals surface area (Å²) < 4.78 is 7.41. The SMILES string of the molecule is O=c1ccn([C@@H]2O[C@H](CO)[C@H](O)[C@@H]2O)c(=O)n1CCc1ccccc1Cl. The lowest BCUT2D eigenvalue weighted by molar-refractivity contribution is -0.0556. The van der Waals surface area contributed by atoms with Crippen LogP contribution in [0.3, 0.4) is 0 Å². The van der Waals surface area contributed by atoms with Crippen molar-refractivity contribution in [2.75, 3.05) is 6.61 Å². The van der Waals surface area contributed by atoms with Crippen LogP contribution in [0.4, 0.5) is 0 Å². The average Bonchev–Trinajstić information content (AvgIpc) is 2.91. The summed E-state index contributed by atoms with van der Waals surface area (Å²) in [6.45, 7) is -0.410. The van der Waals surface area contributed by atoms with Crippen LogP contribution in [0.1, 0.15) is 11.8 Å². The van der Waals surface area contributed by atoms with Crippen molar-refractivity contribution in [1.29, 1.82) is 0 Å². The molecule has 0 amide bonds. The molecule has 0 unspecified atom stereocenters. The number of hydrogen-bond donors (Lipinski definition) is 3. The Morgan fingerprint density at radius 1 is 1.12 bits per heavy atom. The molecule has 0 spiro atoms. The van der Waals surface area contributed by atoms with E-state index in [-0.39, 0.29) is 6.54 Å². The second-order valence-electron chi connectivity index (χ2n) is 6.07. The molecule has 0 bridgehead atoms. The Balaban J connectivity index is 1.89. The fourth-order valence-corrected chi connectivity index (χ4v) is 3.20. The van der Waals surface area contributed by atoms with Crippen LogP contribution in [0.5, 0.6) is 0 Å². The van der Waals surface area contributed by atoms with Gasteiger partial charge in [0, 0.05) is 23.8 Å². The number of ether oxygens (including phenoxy) is 1. The van der Waals surface area contributed by atoms with E-state index in [4.69, 9.17) is 16.3 Å². The van der Waals surface area contributed by atoms with Gasteiger partial charge in [-0.25, -0.2) is 4.79 Å². The van der Waals surface area contributed by atoms with Crippen LogP contribution in [0.15, 0.2) is 46.1 Å². The summed E-state index contributed by atoms with van der Waals surface area (Å²) in [6.07, 6.45) is -3.36. The number of aromatic nitrogens is 2. The molecule has 1 aliphatic heterocycles. The molecular weight excluding hydrogens is 364 g/mol. The summed E-state index contributed by atoms with van der Waals surface area (Å²) in [4.78, 5) is 24.8. The zero-order chi connectivity index (χ0) is 18.8. The molecule has 1 aliphatic rings. The van der Waals surface area contributed by atoms with Crippen LogP contribution in [0.2, 0.25) is 5.02 Å². The molecule has 4 atom stereocenters. The largest absolute Gasteiger partial charge is 0.394 e. The molecule has 3 N–H and O–H groups in total. The summed E-state index contributed by atoms with van der Waals surface area (Å²) in [5.41, 5.74) is -0.381. The smallest absolute Gasteiger partial charge is 0.333 e. The highest BCUT2D eigenvalue weighted by Crippen LogP contribution is 2.27. The van der Waals surface area contributed by atoms with Crippen molar-refractivity contribution < 1.29 is 20.1 Å². The second kappa shape index (κ2) is 7.73. The minimum atomic E-state index is -1.40. The number of nitrogens with zero attached hydrogens (tertiary/aromatic N) is 2. The van der Waals surface area contributed by atoms with Gasteiger partial charge in [0.05, 0.1) is 6.61 Å². The van der Waals surface area contributed by atoms with E-state index in [1.165, 1.54) is 12.3 Å². The summed E-state index contributed by atoms with van der Waals surface area (Å²) in [6, 6.07) is 8.31. The van der Waals surface area contributed by atoms with Gasteiger partial charge in [0.25, 0.3) is 5.56 Å². The lowest BCUT2D eigenvalue weighted by atomic mass is 10.1. The number of rotatable bonds is 5. The van der Waals surface area contributed by atoms with Crippen LogP contribution >= 0.6 is 11.6 Å². The Kier molecular flexibility index (Phi) is 5.59. The zero-order valence-electron chi connectivity index (χ0n) is 13.7. The first-order valence-electron chi connectivity index (χ1n) is 8.12. The molecule has 8 nitrogen and oxygen atoms in total. The Labute approximate surface area is 153 Å². The molecule has 26 heavy (non-hydrogen) atoms. The van der Waals surface area contributed by atoms with Gasteiger partial charge in [0.2, 0.25) is 0 Å². The third kappa shape index (κ3) is 3.46. The molecule has 0 saturated carbocycles. The molecule has 2 heterocycles. The minimum absolute atomic E-state index is 0.0943. The Morgan fingerprint density at radius 3 is 2.50 bits per heavy atom. The molecule has 140 valence electrons. The van der Waals surface area contributed by atoms with Crippen molar-refractivity contribution in [3.63, 3.8) is 0 Å². The van der Waals surface area contributed by atoms with Gasteiger partial charge < -0.3 is 20.1 Å². The molecule has 1 aromatic heterocycles. The fourth-order valence-electron chi connectivity index (χ4n) is 2.97. The van der Waals surface area contributed by atoms with Crippen LogP contribution in [0.25, 0.3) is 0 Å². The van der Waals surface area contributed by atoms with Gasteiger partial charge in [-0.1, -0.05) is 29.8 Å². The number of aryl methyl sites for hydroxylation is 1. The maximum atomic E-state index is 12.7. The fraction of sp³-hybridized carbons (Fsp3) is 0.412. The van der Waals surface area contributed by atoms with Crippen molar-refractivity contribution in [3.05, 3.63) is 68.0 Å². The van der Waals surface area contributed by atoms with E-state index in [0.717, 1.165) is 14.7 Å². The maximum Gasteiger partial charge on any atom is 0.333 e. The van der Waals surface area contributed by atoms with Gasteiger partial charge in [-0.05, 0) is 18.1 Å². The Hall–Kier alpha value is -1.97. The molecule has 2 aromatic rings. The molecule has 9 heteroatoms. The van der Waals surface area contributed by atoms with Gasteiger partial charge in [0.1, 0.15) is 18.3 Å².